The molecule has 23 heavy (non-hydrogen) atoms. The molecule has 1 aliphatic rings. The van der Waals surface area contributed by atoms with Gasteiger partial charge in [-0.05, 0) is 31.4 Å². The van der Waals surface area contributed by atoms with Gasteiger partial charge < -0.3 is 10.4 Å². The summed E-state index contributed by atoms with van der Waals surface area (Å²) >= 11 is 0. The quantitative estimate of drug-likeness (QED) is 0.655. The molecule has 2 aromatic heterocycles. The summed E-state index contributed by atoms with van der Waals surface area (Å²) < 4.78 is 1.56. The molecule has 0 spiro atoms. The Bertz CT molecular complexity index is 804. The van der Waals surface area contributed by atoms with Crippen molar-refractivity contribution >= 4 is 29.4 Å². The van der Waals surface area contributed by atoms with Gasteiger partial charge in [-0.3, -0.25) is 9.80 Å². The zero-order valence-electron chi connectivity index (χ0n) is 13.2. The Morgan fingerprint density at radius 3 is 3.00 bits per heavy atom. The zero-order valence-corrected chi connectivity index (χ0v) is 13.2. The summed E-state index contributed by atoms with van der Waals surface area (Å²) in [6, 6.07) is 1.65. The van der Waals surface area contributed by atoms with Crippen LogP contribution in [0.3, 0.4) is 0 Å². The van der Waals surface area contributed by atoms with Crippen LogP contribution in [0.5, 0.6) is 5.75 Å². The average molecular weight is 313 g/mol. The van der Waals surface area contributed by atoms with E-state index >= 15 is 0 Å². The van der Waals surface area contributed by atoms with Crippen LogP contribution in [-0.2, 0) is 4.79 Å². The van der Waals surface area contributed by atoms with E-state index in [9.17, 15) is 9.90 Å². The number of pyridine rings is 1. The molecule has 120 valence electrons. The van der Waals surface area contributed by atoms with Crippen molar-refractivity contribution in [3.8, 4) is 5.75 Å². The van der Waals surface area contributed by atoms with Crippen molar-refractivity contribution in [2.45, 2.75) is 19.8 Å². The lowest BCUT2D eigenvalue weighted by Crippen LogP contribution is -2.13. The number of hydrazone groups is 1. The smallest absolute Gasteiger partial charge is 0.227 e. The Kier molecular flexibility index (Phi) is 3.77. The predicted molar refractivity (Wildman–Crippen MR) is 89.2 cm³/mol. The highest BCUT2D eigenvalue weighted by Crippen LogP contribution is 2.33. The second kappa shape index (κ2) is 5.75. The monoisotopic (exact) mass is 313 g/mol. The molecule has 1 fully saturated rings. The first-order valence-corrected chi connectivity index (χ1v) is 7.39. The molecule has 7 heteroatoms. The minimum absolute atomic E-state index is 0.0156. The van der Waals surface area contributed by atoms with Gasteiger partial charge in [0.2, 0.25) is 5.91 Å². The molecule has 0 aliphatic heterocycles. The maximum absolute atomic E-state index is 11.9. The Morgan fingerprint density at radius 1 is 1.61 bits per heavy atom. The first-order valence-electron chi connectivity index (χ1n) is 7.39. The summed E-state index contributed by atoms with van der Waals surface area (Å²) in [4.78, 5) is 11.9. The van der Waals surface area contributed by atoms with Crippen LogP contribution in [0.2, 0.25) is 0 Å². The number of carbonyl (C=O) groups excluding carboxylic acids is 1. The third-order valence-corrected chi connectivity index (χ3v) is 3.86. The maximum atomic E-state index is 11.9. The van der Waals surface area contributed by atoms with Crippen molar-refractivity contribution in [1.82, 2.24) is 14.6 Å². The number of aromatic nitrogens is 2. The molecule has 1 amide bonds. The van der Waals surface area contributed by atoms with Crippen molar-refractivity contribution in [3.05, 3.63) is 30.2 Å². The average Bonchev–Trinajstić information content (AvgIpc) is 3.29. The number of anilines is 1. The number of aromatic hydroxyl groups is 1. The van der Waals surface area contributed by atoms with Gasteiger partial charge in [-0.25, -0.2) is 4.52 Å². The highest BCUT2D eigenvalue weighted by molar-refractivity contribution is 5.98. The van der Waals surface area contributed by atoms with Crippen LogP contribution in [0.15, 0.2) is 29.8 Å². The summed E-state index contributed by atoms with van der Waals surface area (Å²) in [5.74, 6) is 0.143. The zero-order chi connectivity index (χ0) is 16.6. The summed E-state index contributed by atoms with van der Waals surface area (Å²) in [5, 5.41) is 22.7. The molecule has 0 aromatic carbocycles. The van der Waals surface area contributed by atoms with E-state index in [-0.39, 0.29) is 17.6 Å². The van der Waals surface area contributed by atoms with E-state index in [2.05, 4.69) is 22.2 Å². The Labute approximate surface area is 133 Å². The molecule has 0 atom stereocenters. The van der Waals surface area contributed by atoms with Crippen molar-refractivity contribution in [2.24, 2.45) is 11.0 Å². The van der Waals surface area contributed by atoms with Gasteiger partial charge in [-0.15, -0.1) is 0 Å². The molecule has 1 aliphatic carbocycles. The van der Waals surface area contributed by atoms with E-state index < -0.39 is 0 Å². The largest absolute Gasteiger partial charge is 0.506 e. The lowest BCUT2D eigenvalue weighted by atomic mass is 10.1. The minimum Gasteiger partial charge on any atom is -0.506 e. The fraction of sp³-hybridized carbons (Fsp3) is 0.312. The number of rotatable bonds is 5. The van der Waals surface area contributed by atoms with Gasteiger partial charge >= 0.3 is 0 Å². The molecule has 0 unspecified atom stereocenters. The normalized spacial score (nSPS) is 14.8. The number of amides is 1. The van der Waals surface area contributed by atoms with E-state index in [1.54, 1.807) is 41.2 Å². The summed E-state index contributed by atoms with van der Waals surface area (Å²) in [7, 11) is 1.77. The van der Waals surface area contributed by atoms with Crippen LogP contribution in [-0.4, -0.2) is 39.4 Å². The van der Waals surface area contributed by atoms with Crippen LogP contribution >= 0.6 is 0 Å². The molecule has 2 aromatic rings. The number of hydrogen-bond donors (Lipinski definition) is 2. The number of fused-ring (bicyclic) bond motifs is 1. The van der Waals surface area contributed by atoms with Gasteiger partial charge in [0.15, 0.2) is 0 Å². The Balaban J connectivity index is 1.95. The maximum Gasteiger partial charge on any atom is 0.227 e. The Hall–Kier alpha value is -2.83. The SMILES string of the molecule is C=NN(C)/C=C(\C)c1cc(O)c2c(NC(=O)C3CC3)cnn2c1. The highest BCUT2D eigenvalue weighted by atomic mass is 16.3. The highest BCUT2D eigenvalue weighted by Gasteiger charge is 2.30. The van der Waals surface area contributed by atoms with Gasteiger partial charge in [-0.2, -0.15) is 10.2 Å². The van der Waals surface area contributed by atoms with Crippen LogP contribution < -0.4 is 5.32 Å². The number of nitrogens with zero attached hydrogens (tertiary/aromatic N) is 4. The van der Waals surface area contributed by atoms with Crippen LogP contribution in [0.25, 0.3) is 11.1 Å². The van der Waals surface area contributed by atoms with Gasteiger partial charge in [0.05, 0.1) is 11.9 Å². The van der Waals surface area contributed by atoms with Crippen molar-refractivity contribution < 1.29 is 9.90 Å². The van der Waals surface area contributed by atoms with Crippen LogP contribution in [0.4, 0.5) is 5.69 Å². The van der Waals surface area contributed by atoms with Crippen molar-refractivity contribution in [1.29, 1.82) is 0 Å². The number of nitrogens with one attached hydrogen (secondary N) is 1. The van der Waals surface area contributed by atoms with Gasteiger partial charge in [0.25, 0.3) is 0 Å². The molecular weight excluding hydrogens is 294 g/mol. The predicted octanol–water partition coefficient (Wildman–Crippen LogP) is 2.30. The van der Waals surface area contributed by atoms with E-state index in [0.29, 0.717) is 11.2 Å². The summed E-state index contributed by atoms with van der Waals surface area (Å²) in [5.41, 5.74) is 2.72. The van der Waals surface area contributed by atoms with Crippen molar-refractivity contribution in [3.63, 3.8) is 0 Å². The van der Waals surface area contributed by atoms with Gasteiger partial charge in [0, 0.05) is 37.6 Å². The fourth-order valence-corrected chi connectivity index (χ4v) is 2.38. The first kappa shape index (κ1) is 15.1. The van der Waals surface area contributed by atoms with E-state index in [0.717, 1.165) is 24.0 Å². The molecule has 0 bridgehead atoms. The third-order valence-electron chi connectivity index (χ3n) is 3.86. The fourth-order valence-electron chi connectivity index (χ4n) is 2.38. The molecule has 0 radical (unpaired) electrons. The standard InChI is InChI=1S/C16H19N5O2/c1-10(8-20(3)17-2)12-6-14(22)15-13(7-18-21(15)9-12)19-16(23)11-4-5-11/h6-9,11,22H,2,4-5H2,1,3H3,(H,19,23)/b10-8+. The summed E-state index contributed by atoms with van der Waals surface area (Å²) in [6.07, 6.45) is 7.00. The number of allylic oxidation sites excluding steroid dienone is 1. The Morgan fingerprint density at radius 2 is 2.35 bits per heavy atom. The molecule has 2 heterocycles. The third kappa shape index (κ3) is 3.03. The second-order valence-electron chi connectivity index (χ2n) is 5.76. The first-order chi connectivity index (χ1) is 11.0. The molecule has 0 saturated heterocycles. The number of hydrogen-bond acceptors (Lipinski definition) is 5. The molecule has 1 saturated carbocycles. The van der Waals surface area contributed by atoms with Gasteiger partial charge in [-0.1, -0.05) is 0 Å². The topological polar surface area (TPSA) is 82.2 Å². The molecule has 2 N–H and O–H groups in total. The van der Waals surface area contributed by atoms with E-state index in [4.69, 9.17) is 0 Å². The van der Waals surface area contributed by atoms with Crippen LogP contribution in [0.1, 0.15) is 25.3 Å². The lowest BCUT2D eigenvalue weighted by molar-refractivity contribution is -0.117. The molecule has 3 rings (SSSR count). The minimum atomic E-state index is -0.0156. The second-order valence-corrected chi connectivity index (χ2v) is 5.76. The summed E-state index contributed by atoms with van der Waals surface area (Å²) in [6.45, 7) is 5.35. The lowest BCUT2D eigenvalue weighted by Gasteiger charge is -2.10. The van der Waals surface area contributed by atoms with E-state index in [1.165, 1.54) is 0 Å². The molecule has 7 nitrogen and oxygen atoms in total. The van der Waals surface area contributed by atoms with Crippen molar-refractivity contribution in [2.75, 3.05) is 12.4 Å². The van der Waals surface area contributed by atoms with E-state index in [1.807, 2.05) is 6.92 Å². The number of carbonyl (C=O) groups is 1. The van der Waals surface area contributed by atoms with Crippen LogP contribution in [0, 0.1) is 5.92 Å². The molecular formula is C16H19N5O2. The van der Waals surface area contributed by atoms with Gasteiger partial charge in [0.1, 0.15) is 11.3 Å².